The molecule has 1 heterocycles. The Balaban J connectivity index is 1.46. The van der Waals surface area contributed by atoms with Crippen LogP contribution in [0.5, 0.6) is 23.0 Å². The molecule has 0 atom stereocenters. The van der Waals surface area contributed by atoms with Crippen molar-refractivity contribution >= 4 is 27.3 Å². The third-order valence-electron chi connectivity index (χ3n) is 4.45. The summed E-state index contributed by atoms with van der Waals surface area (Å²) in [5.41, 5.74) is 0.832. The summed E-state index contributed by atoms with van der Waals surface area (Å²) in [4.78, 5) is 12.5. The number of hydrogen-bond donors (Lipinski definition) is 1. The molecular weight excluding hydrogens is 420 g/mol. The first-order chi connectivity index (χ1) is 14.9. The average molecular weight is 440 g/mol. The molecule has 1 N–H and O–H groups in total. The van der Waals surface area contributed by atoms with Gasteiger partial charge in [-0.2, -0.15) is 0 Å². The molecule has 3 aromatic rings. The number of nitrogens with one attached hydrogen (secondary N) is 1. The maximum Gasteiger partial charge on any atom is 0.245 e. The molecule has 0 aromatic heterocycles. The first-order valence-electron chi connectivity index (χ1n) is 9.39. The number of sulfonamides is 1. The third kappa shape index (κ3) is 5.07. The molecule has 0 unspecified atom stereocenters. The number of rotatable bonds is 7. The van der Waals surface area contributed by atoms with Crippen molar-refractivity contribution in [3.05, 3.63) is 72.8 Å². The van der Waals surface area contributed by atoms with E-state index in [9.17, 15) is 13.2 Å². The first kappa shape index (κ1) is 20.5. The standard InChI is InChI=1S/C22H20N2O6S/c1-31(26,27)24(14-22(25)23-16-7-12-20-21(13-16)29-15-28-20)17-8-10-19(11-9-17)30-18-5-3-2-4-6-18/h2-13H,14-15H2,1H3,(H,23,25). The van der Waals surface area contributed by atoms with E-state index in [-0.39, 0.29) is 13.3 Å². The highest BCUT2D eigenvalue weighted by Crippen LogP contribution is 2.34. The van der Waals surface area contributed by atoms with Crippen LogP contribution in [0, 0.1) is 0 Å². The summed E-state index contributed by atoms with van der Waals surface area (Å²) < 4.78 is 41.9. The number of carbonyl (C=O) groups is 1. The lowest BCUT2D eigenvalue weighted by Crippen LogP contribution is -2.37. The Bertz CT molecular complexity index is 1180. The molecule has 0 fully saturated rings. The van der Waals surface area contributed by atoms with Crippen LogP contribution in [-0.4, -0.2) is 33.9 Å². The first-order valence-corrected chi connectivity index (χ1v) is 11.2. The van der Waals surface area contributed by atoms with Crippen LogP contribution in [0.4, 0.5) is 11.4 Å². The van der Waals surface area contributed by atoms with Crippen molar-refractivity contribution < 1.29 is 27.4 Å². The summed E-state index contributed by atoms with van der Waals surface area (Å²) in [5.74, 6) is 1.83. The second-order valence-electron chi connectivity index (χ2n) is 6.79. The Labute approximate surface area is 180 Å². The van der Waals surface area contributed by atoms with Crippen LogP contribution < -0.4 is 23.8 Å². The quantitative estimate of drug-likeness (QED) is 0.603. The molecule has 160 valence electrons. The minimum Gasteiger partial charge on any atom is -0.457 e. The van der Waals surface area contributed by atoms with Crippen LogP contribution in [0.15, 0.2) is 72.8 Å². The Morgan fingerprint density at radius 3 is 2.35 bits per heavy atom. The van der Waals surface area contributed by atoms with Crippen LogP contribution in [0.25, 0.3) is 0 Å². The van der Waals surface area contributed by atoms with Crippen molar-refractivity contribution in [3.63, 3.8) is 0 Å². The predicted molar refractivity (Wildman–Crippen MR) is 116 cm³/mol. The lowest BCUT2D eigenvalue weighted by molar-refractivity contribution is -0.114. The van der Waals surface area contributed by atoms with E-state index in [1.807, 2.05) is 30.3 Å². The SMILES string of the molecule is CS(=O)(=O)N(CC(=O)Nc1ccc2c(c1)OCO2)c1ccc(Oc2ccccc2)cc1. The molecule has 3 aromatic carbocycles. The highest BCUT2D eigenvalue weighted by atomic mass is 32.2. The zero-order chi connectivity index (χ0) is 21.8. The number of ether oxygens (including phenoxy) is 3. The van der Waals surface area contributed by atoms with E-state index in [0.717, 1.165) is 10.6 Å². The fourth-order valence-corrected chi connectivity index (χ4v) is 3.87. The van der Waals surface area contributed by atoms with Gasteiger partial charge in [-0.05, 0) is 48.5 Å². The van der Waals surface area contributed by atoms with Crippen LogP contribution >= 0.6 is 0 Å². The molecule has 1 aliphatic rings. The van der Waals surface area contributed by atoms with E-state index in [1.54, 1.807) is 42.5 Å². The molecule has 0 saturated heterocycles. The molecule has 4 rings (SSSR count). The zero-order valence-corrected chi connectivity index (χ0v) is 17.5. The summed E-state index contributed by atoms with van der Waals surface area (Å²) in [5, 5.41) is 2.68. The van der Waals surface area contributed by atoms with Crippen LogP contribution in [0.3, 0.4) is 0 Å². The maximum atomic E-state index is 12.5. The lowest BCUT2D eigenvalue weighted by atomic mass is 10.2. The Morgan fingerprint density at radius 2 is 1.65 bits per heavy atom. The van der Waals surface area contributed by atoms with Gasteiger partial charge in [0.15, 0.2) is 11.5 Å². The highest BCUT2D eigenvalue weighted by molar-refractivity contribution is 7.92. The van der Waals surface area contributed by atoms with Crippen molar-refractivity contribution in [1.82, 2.24) is 0 Å². The van der Waals surface area contributed by atoms with E-state index in [0.29, 0.717) is 34.4 Å². The van der Waals surface area contributed by atoms with Crippen molar-refractivity contribution in [1.29, 1.82) is 0 Å². The summed E-state index contributed by atoms with van der Waals surface area (Å²) in [6.07, 6.45) is 1.05. The second-order valence-corrected chi connectivity index (χ2v) is 8.70. The molecule has 1 aliphatic heterocycles. The molecule has 8 nitrogen and oxygen atoms in total. The van der Waals surface area contributed by atoms with Gasteiger partial charge in [0.2, 0.25) is 22.7 Å². The summed E-state index contributed by atoms with van der Waals surface area (Å²) >= 11 is 0. The van der Waals surface area contributed by atoms with E-state index in [4.69, 9.17) is 14.2 Å². The number of fused-ring (bicyclic) bond motifs is 1. The fourth-order valence-electron chi connectivity index (χ4n) is 3.01. The Morgan fingerprint density at radius 1 is 0.968 bits per heavy atom. The zero-order valence-electron chi connectivity index (χ0n) is 16.6. The number of anilines is 2. The van der Waals surface area contributed by atoms with Gasteiger partial charge < -0.3 is 19.5 Å². The Hall–Kier alpha value is -3.72. The van der Waals surface area contributed by atoms with Crippen molar-refractivity contribution in [2.24, 2.45) is 0 Å². The normalized spacial score (nSPS) is 12.3. The minimum absolute atomic E-state index is 0.124. The van der Waals surface area contributed by atoms with Gasteiger partial charge in [0.05, 0.1) is 11.9 Å². The predicted octanol–water partition coefficient (Wildman–Crippen LogP) is 3.61. The smallest absolute Gasteiger partial charge is 0.245 e. The molecule has 0 bridgehead atoms. The average Bonchev–Trinajstić information content (AvgIpc) is 3.21. The number of amides is 1. The monoisotopic (exact) mass is 440 g/mol. The van der Waals surface area contributed by atoms with Crippen molar-refractivity contribution in [3.8, 4) is 23.0 Å². The van der Waals surface area contributed by atoms with Gasteiger partial charge >= 0.3 is 0 Å². The molecule has 1 amide bonds. The largest absolute Gasteiger partial charge is 0.457 e. The van der Waals surface area contributed by atoms with E-state index < -0.39 is 15.9 Å². The second kappa shape index (κ2) is 8.57. The number of para-hydroxylation sites is 1. The third-order valence-corrected chi connectivity index (χ3v) is 5.59. The van der Waals surface area contributed by atoms with Gasteiger partial charge in [-0.3, -0.25) is 9.10 Å². The van der Waals surface area contributed by atoms with Crippen LogP contribution in [0.2, 0.25) is 0 Å². The van der Waals surface area contributed by atoms with Gasteiger partial charge in [0, 0.05) is 11.8 Å². The highest BCUT2D eigenvalue weighted by Gasteiger charge is 2.22. The number of carbonyl (C=O) groups excluding carboxylic acids is 1. The van der Waals surface area contributed by atoms with Crippen LogP contribution in [-0.2, 0) is 14.8 Å². The van der Waals surface area contributed by atoms with Gasteiger partial charge in [-0.15, -0.1) is 0 Å². The van der Waals surface area contributed by atoms with Gasteiger partial charge in [0.1, 0.15) is 18.0 Å². The number of nitrogens with zero attached hydrogens (tertiary/aromatic N) is 1. The molecule has 9 heteroatoms. The van der Waals surface area contributed by atoms with E-state index in [2.05, 4.69) is 5.32 Å². The lowest BCUT2D eigenvalue weighted by Gasteiger charge is -2.22. The van der Waals surface area contributed by atoms with Crippen molar-refractivity contribution in [2.45, 2.75) is 0 Å². The molecule has 0 radical (unpaired) electrons. The summed E-state index contributed by atoms with van der Waals surface area (Å²) in [6, 6.07) is 20.7. The van der Waals surface area contributed by atoms with E-state index in [1.165, 1.54) is 0 Å². The molecule has 0 saturated carbocycles. The molecule has 0 aliphatic carbocycles. The summed E-state index contributed by atoms with van der Waals surface area (Å²) in [6.45, 7) is -0.259. The van der Waals surface area contributed by atoms with Gasteiger partial charge in [-0.1, -0.05) is 18.2 Å². The maximum absolute atomic E-state index is 12.5. The van der Waals surface area contributed by atoms with Crippen LogP contribution in [0.1, 0.15) is 0 Å². The number of benzene rings is 3. The number of hydrogen-bond acceptors (Lipinski definition) is 6. The van der Waals surface area contributed by atoms with Gasteiger partial charge in [0.25, 0.3) is 0 Å². The summed E-state index contributed by atoms with van der Waals surface area (Å²) in [7, 11) is -3.70. The molecule has 0 spiro atoms. The fraction of sp³-hybridized carbons (Fsp3) is 0.136. The van der Waals surface area contributed by atoms with Gasteiger partial charge in [-0.25, -0.2) is 8.42 Å². The Kier molecular flexibility index (Phi) is 5.68. The molecular formula is C22H20N2O6S. The van der Waals surface area contributed by atoms with E-state index >= 15 is 0 Å². The molecule has 31 heavy (non-hydrogen) atoms. The van der Waals surface area contributed by atoms with Crippen molar-refractivity contribution in [2.75, 3.05) is 29.2 Å². The topological polar surface area (TPSA) is 94.2 Å². The minimum atomic E-state index is -3.70.